The lowest BCUT2D eigenvalue weighted by Gasteiger charge is -2.10. The summed E-state index contributed by atoms with van der Waals surface area (Å²) in [6.07, 6.45) is 0.255. The van der Waals surface area contributed by atoms with E-state index in [-0.39, 0.29) is 18.2 Å². The first-order valence-corrected chi connectivity index (χ1v) is 9.71. The number of nitrogens with one attached hydrogen (secondary N) is 3. The third-order valence-corrected chi connectivity index (χ3v) is 5.01. The maximum Gasteiger partial charge on any atom is 0.255 e. The summed E-state index contributed by atoms with van der Waals surface area (Å²) in [6.45, 7) is 3.67. The Morgan fingerprint density at radius 3 is 2.50 bits per heavy atom. The van der Waals surface area contributed by atoms with Gasteiger partial charge in [-0.25, -0.2) is 0 Å². The minimum absolute atomic E-state index is 0.134. The lowest BCUT2D eigenvalue weighted by molar-refractivity contribution is -0.115. The molecular weight excluding hydrogens is 376 g/mol. The second kappa shape index (κ2) is 8.21. The van der Waals surface area contributed by atoms with Crippen LogP contribution in [0.15, 0.2) is 66.7 Å². The molecule has 6 heteroatoms. The number of nitrogens with zero attached hydrogens (tertiary/aromatic N) is 1. The van der Waals surface area contributed by atoms with Gasteiger partial charge in [-0.3, -0.25) is 14.7 Å². The van der Waals surface area contributed by atoms with E-state index in [0.717, 1.165) is 27.7 Å². The highest BCUT2D eigenvalue weighted by atomic mass is 16.2. The number of aryl methyl sites for hydroxylation is 2. The van der Waals surface area contributed by atoms with Crippen LogP contribution in [0.2, 0.25) is 0 Å². The molecule has 150 valence electrons. The highest BCUT2D eigenvalue weighted by molar-refractivity contribution is 6.06. The molecule has 0 aliphatic rings. The molecule has 6 nitrogen and oxygen atoms in total. The van der Waals surface area contributed by atoms with Crippen LogP contribution in [0, 0.1) is 13.8 Å². The van der Waals surface area contributed by atoms with Crippen LogP contribution in [0.4, 0.5) is 11.4 Å². The largest absolute Gasteiger partial charge is 0.326 e. The lowest BCUT2D eigenvalue weighted by atomic mass is 10.0. The van der Waals surface area contributed by atoms with Crippen molar-refractivity contribution in [2.45, 2.75) is 20.3 Å². The first-order valence-electron chi connectivity index (χ1n) is 9.71. The number of H-pyrrole nitrogens is 1. The molecule has 3 N–H and O–H groups in total. The van der Waals surface area contributed by atoms with E-state index >= 15 is 0 Å². The van der Waals surface area contributed by atoms with Crippen LogP contribution in [0.3, 0.4) is 0 Å². The molecule has 0 unspecified atom stereocenters. The van der Waals surface area contributed by atoms with Gasteiger partial charge in [-0.05, 0) is 48.4 Å². The number of hydrogen-bond donors (Lipinski definition) is 3. The van der Waals surface area contributed by atoms with E-state index in [1.54, 1.807) is 24.3 Å². The number of aromatic nitrogens is 2. The van der Waals surface area contributed by atoms with Crippen molar-refractivity contribution in [3.05, 3.63) is 89.2 Å². The molecule has 30 heavy (non-hydrogen) atoms. The number of rotatable bonds is 5. The number of carbonyl (C=O) groups is 2. The van der Waals surface area contributed by atoms with Crippen molar-refractivity contribution in [2.24, 2.45) is 0 Å². The number of amides is 2. The van der Waals surface area contributed by atoms with E-state index in [0.29, 0.717) is 16.9 Å². The van der Waals surface area contributed by atoms with Gasteiger partial charge in [0.2, 0.25) is 5.91 Å². The average molecular weight is 398 g/mol. The highest BCUT2D eigenvalue weighted by Crippen LogP contribution is 2.21. The Bertz CT molecular complexity index is 1220. The molecule has 0 aliphatic carbocycles. The molecule has 1 heterocycles. The van der Waals surface area contributed by atoms with Crippen molar-refractivity contribution in [1.29, 1.82) is 0 Å². The van der Waals surface area contributed by atoms with Gasteiger partial charge in [-0.2, -0.15) is 5.10 Å². The van der Waals surface area contributed by atoms with Crippen molar-refractivity contribution in [3.8, 4) is 0 Å². The van der Waals surface area contributed by atoms with Gasteiger partial charge in [-0.1, -0.05) is 48.5 Å². The Morgan fingerprint density at radius 1 is 0.933 bits per heavy atom. The fourth-order valence-corrected chi connectivity index (χ4v) is 3.48. The van der Waals surface area contributed by atoms with Gasteiger partial charge in [0.25, 0.3) is 5.91 Å². The number of benzene rings is 3. The van der Waals surface area contributed by atoms with Crippen molar-refractivity contribution >= 4 is 34.0 Å². The summed E-state index contributed by atoms with van der Waals surface area (Å²) >= 11 is 0. The summed E-state index contributed by atoms with van der Waals surface area (Å²) in [4.78, 5) is 25.3. The van der Waals surface area contributed by atoms with Gasteiger partial charge in [0.15, 0.2) is 0 Å². The zero-order chi connectivity index (χ0) is 21.1. The van der Waals surface area contributed by atoms with Crippen molar-refractivity contribution < 1.29 is 9.59 Å². The van der Waals surface area contributed by atoms with Gasteiger partial charge in [0, 0.05) is 11.3 Å². The van der Waals surface area contributed by atoms with Crippen LogP contribution in [-0.2, 0) is 11.2 Å². The molecule has 0 atom stereocenters. The fourth-order valence-electron chi connectivity index (χ4n) is 3.48. The van der Waals surface area contributed by atoms with E-state index in [2.05, 4.69) is 20.8 Å². The summed E-state index contributed by atoms with van der Waals surface area (Å²) in [6, 6.07) is 20.8. The molecule has 0 fully saturated rings. The fraction of sp³-hybridized carbons (Fsp3) is 0.125. The van der Waals surface area contributed by atoms with Crippen molar-refractivity contribution in [2.75, 3.05) is 10.6 Å². The van der Waals surface area contributed by atoms with E-state index in [1.807, 2.05) is 56.3 Å². The molecule has 0 saturated heterocycles. The Kier molecular flexibility index (Phi) is 5.30. The predicted octanol–water partition coefficient (Wildman–Crippen LogP) is 4.61. The molecule has 2 amide bonds. The zero-order valence-corrected chi connectivity index (χ0v) is 16.8. The molecule has 4 aromatic rings. The number of aromatic amines is 1. The average Bonchev–Trinajstić information content (AvgIpc) is 3.06. The Hall–Kier alpha value is -3.93. The molecule has 0 bridgehead atoms. The third kappa shape index (κ3) is 4.07. The van der Waals surface area contributed by atoms with E-state index in [9.17, 15) is 9.59 Å². The molecule has 0 aliphatic heterocycles. The van der Waals surface area contributed by atoms with Gasteiger partial charge < -0.3 is 10.6 Å². The number of anilines is 2. The maximum atomic E-state index is 12.6. The standard InChI is InChI=1S/C24H22N4O2/c1-15-23(16(2)28-27-15)26-24(30)19-10-6-11-20(13-19)25-22(29)14-18-9-5-8-17-7-3-4-12-21(17)18/h3-13H,14H2,1-2H3,(H,25,29)(H,26,30)(H,27,28). The number of carbonyl (C=O) groups excluding carboxylic acids is 2. The Balaban J connectivity index is 1.47. The number of hydrogen-bond acceptors (Lipinski definition) is 3. The van der Waals surface area contributed by atoms with Crippen LogP contribution in [0.5, 0.6) is 0 Å². The first-order chi connectivity index (χ1) is 14.5. The quantitative estimate of drug-likeness (QED) is 0.459. The SMILES string of the molecule is Cc1n[nH]c(C)c1NC(=O)c1cccc(NC(=O)Cc2cccc3ccccc23)c1. The van der Waals surface area contributed by atoms with E-state index in [1.165, 1.54) is 0 Å². The molecule has 0 radical (unpaired) electrons. The monoisotopic (exact) mass is 398 g/mol. The van der Waals surface area contributed by atoms with Crippen LogP contribution in [0.1, 0.15) is 27.3 Å². The van der Waals surface area contributed by atoms with Gasteiger partial charge in [-0.15, -0.1) is 0 Å². The molecule has 3 aromatic carbocycles. The Morgan fingerprint density at radius 2 is 1.70 bits per heavy atom. The summed E-state index contributed by atoms with van der Waals surface area (Å²) in [5.74, 6) is -0.391. The second-order valence-electron chi connectivity index (χ2n) is 7.21. The molecule has 4 rings (SSSR count). The van der Waals surface area contributed by atoms with Crippen LogP contribution in [0.25, 0.3) is 10.8 Å². The summed E-state index contributed by atoms with van der Waals surface area (Å²) in [7, 11) is 0. The highest BCUT2D eigenvalue weighted by Gasteiger charge is 2.13. The van der Waals surface area contributed by atoms with Gasteiger partial charge >= 0.3 is 0 Å². The first kappa shape index (κ1) is 19.4. The van der Waals surface area contributed by atoms with Crippen molar-refractivity contribution in [1.82, 2.24) is 10.2 Å². The summed E-state index contributed by atoms with van der Waals surface area (Å²) in [5.41, 5.74) is 4.18. The minimum Gasteiger partial charge on any atom is -0.326 e. The summed E-state index contributed by atoms with van der Waals surface area (Å²) in [5, 5.41) is 14.9. The van der Waals surface area contributed by atoms with Crippen LogP contribution >= 0.6 is 0 Å². The molecule has 0 saturated carbocycles. The maximum absolute atomic E-state index is 12.6. The van der Waals surface area contributed by atoms with E-state index in [4.69, 9.17) is 0 Å². The topological polar surface area (TPSA) is 86.9 Å². The lowest BCUT2D eigenvalue weighted by Crippen LogP contribution is -2.16. The normalized spacial score (nSPS) is 10.7. The van der Waals surface area contributed by atoms with Crippen molar-refractivity contribution in [3.63, 3.8) is 0 Å². The van der Waals surface area contributed by atoms with Crippen LogP contribution < -0.4 is 10.6 Å². The molecular formula is C24H22N4O2. The van der Waals surface area contributed by atoms with Crippen LogP contribution in [-0.4, -0.2) is 22.0 Å². The minimum atomic E-state index is -0.257. The predicted molar refractivity (Wildman–Crippen MR) is 119 cm³/mol. The summed E-state index contributed by atoms with van der Waals surface area (Å²) < 4.78 is 0. The van der Waals surface area contributed by atoms with E-state index < -0.39 is 0 Å². The Labute approximate surface area is 174 Å². The number of fused-ring (bicyclic) bond motifs is 1. The van der Waals surface area contributed by atoms with Gasteiger partial charge in [0.1, 0.15) is 0 Å². The molecule has 0 spiro atoms. The second-order valence-corrected chi connectivity index (χ2v) is 7.21. The van der Waals surface area contributed by atoms with Gasteiger partial charge in [0.05, 0.1) is 23.5 Å². The third-order valence-electron chi connectivity index (χ3n) is 5.01. The zero-order valence-electron chi connectivity index (χ0n) is 16.8. The molecule has 1 aromatic heterocycles. The smallest absolute Gasteiger partial charge is 0.255 e.